The van der Waals surface area contributed by atoms with Gasteiger partial charge in [-0.15, -0.1) is 0 Å². The van der Waals surface area contributed by atoms with Crippen LogP contribution in [0.5, 0.6) is 0 Å². The second-order valence-corrected chi connectivity index (χ2v) is 7.60. The zero-order valence-corrected chi connectivity index (χ0v) is 15.4. The highest BCUT2D eigenvalue weighted by molar-refractivity contribution is 5.90. The molecule has 1 heterocycles. The fourth-order valence-electron chi connectivity index (χ4n) is 4.08. The van der Waals surface area contributed by atoms with Gasteiger partial charge in [-0.05, 0) is 37.7 Å². The average Bonchev–Trinajstić information content (AvgIpc) is 3.12. The Morgan fingerprint density at radius 2 is 1.77 bits per heavy atom. The number of urea groups is 1. The molecule has 4 N–H and O–H groups in total. The number of likely N-dealkylation sites (tertiary alicyclic amines) is 1. The van der Waals surface area contributed by atoms with Crippen LogP contribution in [0.15, 0.2) is 30.3 Å². The molecule has 0 radical (unpaired) electrons. The molecule has 142 valence electrons. The van der Waals surface area contributed by atoms with Gasteiger partial charge in [0.1, 0.15) is 5.54 Å². The molecule has 2 aliphatic rings. The molecular weight excluding hydrogens is 328 g/mol. The first-order valence-electron chi connectivity index (χ1n) is 9.72. The SMILES string of the molecule is NC(=O)C1(NC(=O)NC2CCN(CCc3ccccc3)CC2)CCCC1. The molecule has 0 bridgehead atoms. The lowest BCUT2D eigenvalue weighted by molar-refractivity contribution is -0.123. The lowest BCUT2D eigenvalue weighted by Gasteiger charge is -2.33. The Labute approximate surface area is 155 Å². The van der Waals surface area contributed by atoms with Gasteiger partial charge in [0.25, 0.3) is 0 Å². The van der Waals surface area contributed by atoms with E-state index < -0.39 is 11.4 Å². The number of rotatable bonds is 6. The van der Waals surface area contributed by atoms with Crippen LogP contribution >= 0.6 is 0 Å². The highest BCUT2D eigenvalue weighted by Gasteiger charge is 2.41. The number of carbonyl (C=O) groups excluding carboxylic acids is 2. The summed E-state index contributed by atoms with van der Waals surface area (Å²) in [4.78, 5) is 26.5. The monoisotopic (exact) mass is 358 g/mol. The number of hydrogen-bond donors (Lipinski definition) is 3. The van der Waals surface area contributed by atoms with Crippen LogP contribution in [0.3, 0.4) is 0 Å². The van der Waals surface area contributed by atoms with E-state index in [4.69, 9.17) is 5.73 Å². The van der Waals surface area contributed by atoms with Crippen molar-refractivity contribution in [1.29, 1.82) is 0 Å². The van der Waals surface area contributed by atoms with Gasteiger partial charge < -0.3 is 21.3 Å². The summed E-state index contributed by atoms with van der Waals surface area (Å²) in [6.45, 7) is 3.02. The molecule has 1 aromatic rings. The van der Waals surface area contributed by atoms with Crippen LogP contribution in [0, 0.1) is 0 Å². The summed E-state index contributed by atoms with van der Waals surface area (Å²) in [6.07, 6.45) is 6.09. The van der Waals surface area contributed by atoms with Crippen molar-refractivity contribution in [3.8, 4) is 0 Å². The molecule has 1 aromatic carbocycles. The second kappa shape index (κ2) is 8.54. The van der Waals surface area contributed by atoms with E-state index in [1.165, 1.54) is 5.56 Å². The number of carbonyl (C=O) groups is 2. The van der Waals surface area contributed by atoms with Crippen LogP contribution in [0.25, 0.3) is 0 Å². The number of hydrogen-bond acceptors (Lipinski definition) is 3. The highest BCUT2D eigenvalue weighted by Crippen LogP contribution is 2.29. The van der Waals surface area contributed by atoms with Crippen molar-refractivity contribution in [3.63, 3.8) is 0 Å². The minimum atomic E-state index is -0.847. The molecule has 6 nitrogen and oxygen atoms in total. The highest BCUT2D eigenvalue weighted by atomic mass is 16.2. The number of nitrogens with one attached hydrogen (secondary N) is 2. The van der Waals surface area contributed by atoms with E-state index >= 15 is 0 Å². The minimum Gasteiger partial charge on any atom is -0.368 e. The van der Waals surface area contributed by atoms with Crippen molar-refractivity contribution < 1.29 is 9.59 Å². The number of nitrogens with two attached hydrogens (primary N) is 1. The van der Waals surface area contributed by atoms with Gasteiger partial charge in [0, 0.05) is 25.7 Å². The first kappa shape index (κ1) is 18.7. The summed E-state index contributed by atoms with van der Waals surface area (Å²) in [7, 11) is 0. The molecule has 0 spiro atoms. The standard InChI is InChI=1S/C20H30N4O2/c21-18(25)20(11-4-5-12-20)23-19(26)22-17-9-14-24(15-10-17)13-8-16-6-2-1-3-7-16/h1-3,6-7,17H,4-5,8-15H2,(H2,21,25)(H2,22,23,26). The summed E-state index contributed by atoms with van der Waals surface area (Å²) >= 11 is 0. The van der Waals surface area contributed by atoms with E-state index in [0.29, 0.717) is 12.8 Å². The van der Waals surface area contributed by atoms with E-state index in [2.05, 4.69) is 39.8 Å². The van der Waals surface area contributed by atoms with Gasteiger partial charge in [0.05, 0.1) is 0 Å². The predicted octanol–water partition coefficient (Wildman–Crippen LogP) is 1.79. The van der Waals surface area contributed by atoms with Crippen LogP contribution in [0.4, 0.5) is 4.79 Å². The van der Waals surface area contributed by atoms with Crippen LogP contribution in [-0.4, -0.2) is 48.1 Å². The summed E-state index contributed by atoms with van der Waals surface area (Å²) in [5, 5.41) is 5.89. The van der Waals surface area contributed by atoms with E-state index in [9.17, 15) is 9.59 Å². The molecule has 6 heteroatoms. The molecular formula is C20H30N4O2. The smallest absolute Gasteiger partial charge is 0.315 e. The number of benzene rings is 1. The van der Waals surface area contributed by atoms with Crippen LogP contribution in [0.1, 0.15) is 44.1 Å². The van der Waals surface area contributed by atoms with E-state index in [0.717, 1.165) is 51.7 Å². The largest absolute Gasteiger partial charge is 0.368 e. The number of nitrogens with zero attached hydrogens (tertiary/aromatic N) is 1. The van der Waals surface area contributed by atoms with Crippen LogP contribution < -0.4 is 16.4 Å². The van der Waals surface area contributed by atoms with E-state index in [1.54, 1.807) is 0 Å². The predicted molar refractivity (Wildman–Crippen MR) is 102 cm³/mol. The Morgan fingerprint density at radius 3 is 2.38 bits per heavy atom. The quantitative estimate of drug-likeness (QED) is 0.724. The maximum absolute atomic E-state index is 12.3. The topological polar surface area (TPSA) is 87.5 Å². The zero-order chi connectivity index (χ0) is 18.4. The van der Waals surface area contributed by atoms with Gasteiger partial charge in [-0.1, -0.05) is 43.2 Å². The number of piperidine rings is 1. The van der Waals surface area contributed by atoms with Crippen molar-refractivity contribution >= 4 is 11.9 Å². The van der Waals surface area contributed by atoms with Gasteiger partial charge in [-0.3, -0.25) is 4.79 Å². The molecule has 2 fully saturated rings. The maximum atomic E-state index is 12.3. The Morgan fingerprint density at radius 1 is 1.12 bits per heavy atom. The van der Waals surface area contributed by atoms with Crippen LogP contribution in [0.2, 0.25) is 0 Å². The molecule has 3 rings (SSSR count). The summed E-state index contributed by atoms with van der Waals surface area (Å²) in [5.41, 5.74) is 6.04. The molecule has 3 amide bonds. The lowest BCUT2D eigenvalue weighted by atomic mass is 9.97. The van der Waals surface area contributed by atoms with Crippen molar-refractivity contribution in [2.24, 2.45) is 5.73 Å². The van der Waals surface area contributed by atoms with Crippen LogP contribution in [-0.2, 0) is 11.2 Å². The molecule has 26 heavy (non-hydrogen) atoms. The van der Waals surface area contributed by atoms with Crippen molar-refractivity contribution in [2.75, 3.05) is 19.6 Å². The third kappa shape index (κ3) is 4.75. The van der Waals surface area contributed by atoms with Crippen molar-refractivity contribution in [3.05, 3.63) is 35.9 Å². The molecule has 0 atom stereocenters. The molecule has 0 unspecified atom stereocenters. The fourth-order valence-corrected chi connectivity index (χ4v) is 4.08. The Kier molecular flexibility index (Phi) is 6.14. The van der Waals surface area contributed by atoms with Gasteiger partial charge >= 0.3 is 6.03 Å². The van der Waals surface area contributed by atoms with Crippen molar-refractivity contribution in [2.45, 2.75) is 56.5 Å². The van der Waals surface area contributed by atoms with Crippen molar-refractivity contribution in [1.82, 2.24) is 15.5 Å². The first-order chi connectivity index (χ1) is 12.6. The summed E-state index contributed by atoms with van der Waals surface area (Å²) in [6, 6.07) is 10.4. The number of primary amides is 1. The van der Waals surface area contributed by atoms with E-state index in [-0.39, 0.29) is 12.1 Å². The molecule has 0 aromatic heterocycles. The van der Waals surface area contributed by atoms with Gasteiger partial charge in [0.15, 0.2) is 0 Å². The number of amides is 3. The Hall–Kier alpha value is -2.08. The first-order valence-corrected chi connectivity index (χ1v) is 9.72. The van der Waals surface area contributed by atoms with Gasteiger partial charge in [0.2, 0.25) is 5.91 Å². The normalized spacial score (nSPS) is 20.6. The lowest BCUT2D eigenvalue weighted by Crippen LogP contribution is -2.59. The molecule has 1 aliphatic heterocycles. The third-order valence-electron chi connectivity index (χ3n) is 5.76. The minimum absolute atomic E-state index is 0.161. The average molecular weight is 358 g/mol. The van der Waals surface area contributed by atoms with E-state index in [1.807, 2.05) is 6.07 Å². The maximum Gasteiger partial charge on any atom is 0.315 e. The van der Waals surface area contributed by atoms with Gasteiger partial charge in [-0.25, -0.2) is 4.79 Å². The molecule has 1 saturated heterocycles. The van der Waals surface area contributed by atoms with Gasteiger partial charge in [-0.2, -0.15) is 0 Å². The molecule has 1 aliphatic carbocycles. The fraction of sp³-hybridized carbons (Fsp3) is 0.600. The zero-order valence-electron chi connectivity index (χ0n) is 15.4. The molecule has 1 saturated carbocycles. The third-order valence-corrected chi connectivity index (χ3v) is 5.76. The second-order valence-electron chi connectivity index (χ2n) is 7.60. The Balaban J connectivity index is 1.39. The summed E-state index contributed by atoms with van der Waals surface area (Å²) in [5.74, 6) is -0.416. The Bertz CT molecular complexity index is 605. The summed E-state index contributed by atoms with van der Waals surface area (Å²) < 4.78 is 0.